The van der Waals surface area contributed by atoms with E-state index in [9.17, 15) is 9.90 Å². The van der Waals surface area contributed by atoms with Crippen LogP contribution < -0.4 is 5.32 Å². The molecule has 0 spiro atoms. The van der Waals surface area contributed by atoms with Gasteiger partial charge in [0.15, 0.2) is 0 Å². The van der Waals surface area contributed by atoms with Gasteiger partial charge in [-0.25, -0.2) is 4.68 Å². The van der Waals surface area contributed by atoms with E-state index in [4.69, 9.17) is 0 Å². The van der Waals surface area contributed by atoms with Crippen molar-refractivity contribution in [2.24, 2.45) is 0 Å². The van der Waals surface area contributed by atoms with Crippen LogP contribution in [0.25, 0.3) is 5.69 Å². The number of rotatable bonds is 4. The summed E-state index contributed by atoms with van der Waals surface area (Å²) in [5.41, 5.74) is -0.316. The Morgan fingerprint density at radius 2 is 1.81 bits per heavy atom. The summed E-state index contributed by atoms with van der Waals surface area (Å²) in [5, 5.41) is 17.1. The molecule has 2 N–H and O–H groups in total. The fraction of sp³-hybridized carbons (Fsp3) is 0.375. The number of amides is 1. The number of nitrogens with zero attached hydrogens (tertiary/aromatic N) is 2. The summed E-state index contributed by atoms with van der Waals surface area (Å²) >= 11 is 0. The monoisotopic (exact) mass is 287 g/mol. The minimum atomic E-state index is -1.02. The highest BCUT2D eigenvalue weighted by Gasteiger charge is 2.36. The molecule has 0 unspecified atom stereocenters. The van der Waals surface area contributed by atoms with Crippen LogP contribution in [0.2, 0.25) is 0 Å². The van der Waals surface area contributed by atoms with Crippen molar-refractivity contribution in [3.63, 3.8) is 0 Å². The van der Waals surface area contributed by atoms with Crippen LogP contribution in [0.3, 0.4) is 0 Å². The predicted molar refractivity (Wildman–Crippen MR) is 81.4 cm³/mol. The second-order valence-electron chi connectivity index (χ2n) is 6.14. The number of hydrogen-bond donors (Lipinski definition) is 2. The van der Waals surface area contributed by atoms with Gasteiger partial charge in [-0.1, -0.05) is 0 Å². The third-order valence-corrected chi connectivity index (χ3v) is 3.85. The van der Waals surface area contributed by atoms with E-state index in [0.29, 0.717) is 5.56 Å². The summed E-state index contributed by atoms with van der Waals surface area (Å²) in [6, 6.07) is 8.99. The first-order valence-electron chi connectivity index (χ1n) is 6.86. The molecule has 1 amide bonds. The fourth-order valence-corrected chi connectivity index (χ4v) is 1.70. The molecule has 1 aromatic carbocycles. The molecule has 0 atom stereocenters. The smallest absolute Gasteiger partial charge is 0.251 e. The molecule has 5 heteroatoms. The van der Waals surface area contributed by atoms with E-state index in [1.165, 1.54) is 0 Å². The standard InChI is InChI=1S/C16H21N3O2/c1-15(2,16(3,4)21)18-14(20)12-6-8-13(9-7-12)19-11-5-10-17-19/h5-11,21H,1-4H3,(H,18,20). The van der Waals surface area contributed by atoms with Gasteiger partial charge in [-0.05, 0) is 58.0 Å². The molecule has 0 saturated carbocycles. The largest absolute Gasteiger partial charge is 0.388 e. The van der Waals surface area contributed by atoms with Crippen molar-refractivity contribution in [2.45, 2.75) is 38.8 Å². The molecule has 0 aliphatic heterocycles. The van der Waals surface area contributed by atoms with Crippen LogP contribution in [0.1, 0.15) is 38.1 Å². The lowest BCUT2D eigenvalue weighted by molar-refractivity contribution is -0.00292. The van der Waals surface area contributed by atoms with Crippen molar-refractivity contribution in [1.82, 2.24) is 15.1 Å². The summed E-state index contributed by atoms with van der Waals surface area (Å²) < 4.78 is 1.72. The van der Waals surface area contributed by atoms with E-state index in [1.807, 2.05) is 24.4 Å². The minimum Gasteiger partial charge on any atom is -0.388 e. The Balaban J connectivity index is 2.14. The van der Waals surface area contributed by atoms with E-state index >= 15 is 0 Å². The molecule has 0 radical (unpaired) electrons. The zero-order chi connectivity index (χ0) is 15.7. The SMILES string of the molecule is CC(C)(O)C(C)(C)NC(=O)c1ccc(-n2cccn2)cc1. The Morgan fingerprint density at radius 3 is 2.29 bits per heavy atom. The Bertz CT molecular complexity index is 608. The highest BCUT2D eigenvalue weighted by atomic mass is 16.3. The van der Waals surface area contributed by atoms with Crippen molar-refractivity contribution in [1.29, 1.82) is 0 Å². The normalized spacial score (nSPS) is 12.2. The summed E-state index contributed by atoms with van der Waals surface area (Å²) in [4.78, 5) is 12.3. The van der Waals surface area contributed by atoms with Crippen LogP contribution in [0.15, 0.2) is 42.7 Å². The van der Waals surface area contributed by atoms with Crippen molar-refractivity contribution in [2.75, 3.05) is 0 Å². The summed E-state index contributed by atoms with van der Waals surface area (Å²) in [5.74, 6) is -0.214. The maximum Gasteiger partial charge on any atom is 0.251 e. The number of hydrogen-bond acceptors (Lipinski definition) is 3. The number of carbonyl (C=O) groups excluding carboxylic acids is 1. The molecule has 2 aromatic rings. The molecule has 112 valence electrons. The number of aromatic nitrogens is 2. The molecule has 5 nitrogen and oxygen atoms in total. The average molecular weight is 287 g/mol. The van der Waals surface area contributed by atoms with E-state index in [-0.39, 0.29) is 5.91 Å². The highest BCUT2D eigenvalue weighted by Crippen LogP contribution is 2.21. The van der Waals surface area contributed by atoms with Gasteiger partial charge in [0.05, 0.1) is 16.8 Å². The Labute approximate surface area is 124 Å². The first kappa shape index (κ1) is 15.3. The molecule has 2 rings (SSSR count). The summed E-state index contributed by atoms with van der Waals surface area (Å²) in [7, 11) is 0. The molecule has 0 bridgehead atoms. The Kier molecular flexibility index (Phi) is 3.87. The Hall–Kier alpha value is -2.14. The van der Waals surface area contributed by atoms with Crippen molar-refractivity contribution >= 4 is 5.91 Å². The maximum absolute atomic E-state index is 12.3. The van der Waals surface area contributed by atoms with Gasteiger partial charge in [-0.3, -0.25) is 4.79 Å². The molecule has 0 aliphatic carbocycles. The first-order chi connectivity index (χ1) is 9.71. The highest BCUT2D eigenvalue weighted by molar-refractivity contribution is 5.94. The molecule has 1 heterocycles. The molecular formula is C16H21N3O2. The van der Waals surface area contributed by atoms with Gasteiger partial charge < -0.3 is 10.4 Å². The van der Waals surface area contributed by atoms with Crippen LogP contribution in [-0.4, -0.2) is 31.9 Å². The molecule has 1 aromatic heterocycles. The number of nitrogens with one attached hydrogen (secondary N) is 1. The molecule has 0 fully saturated rings. The fourth-order valence-electron chi connectivity index (χ4n) is 1.70. The van der Waals surface area contributed by atoms with Crippen LogP contribution in [0.4, 0.5) is 0 Å². The molecular weight excluding hydrogens is 266 g/mol. The van der Waals surface area contributed by atoms with Gasteiger partial charge >= 0.3 is 0 Å². The molecule has 0 saturated heterocycles. The van der Waals surface area contributed by atoms with Gasteiger partial charge in [-0.15, -0.1) is 0 Å². The zero-order valence-corrected chi connectivity index (χ0v) is 12.8. The number of aliphatic hydroxyl groups is 1. The van der Waals surface area contributed by atoms with Crippen LogP contribution in [0.5, 0.6) is 0 Å². The van der Waals surface area contributed by atoms with Gasteiger partial charge in [0.1, 0.15) is 0 Å². The first-order valence-corrected chi connectivity index (χ1v) is 6.86. The number of carbonyl (C=O) groups is 1. The Morgan fingerprint density at radius 1 is 1.19 bits per heavy atom. The number of benzene rings is 1. The maximum atomic E-state index is 12.3. The van der Waals surface area contributed by atoms with Crippen LogP contribution in [0, 0.1) is 0 Å². The zero-order valence-electron chi connectivity index (χ0n) is 12.8. The molecule has 0 aliphatic rings. The summed E-state index contributed by atoms with van der Waals surface area (Å²) in [6.45, 7) is 6.94. The van der Waals surface area contributed by atoms with Crippen molar-refractivity contribution < 1.29 is 9.90 Å². The molecule has 21 heavy (non-hydrogen) atoms. The minimum absolute atomic E-state index is 0.214. The van der Waals surface area contributed by atoms with Gasteiger partial charge in [-0.2, -0.15) is 5.10 Å². The topological polar surface area (TPSA) is 67.2 Å². The second-order valence-corrected chi connectivity index (χ2v) is 6.14. The van der Waals surface area contributed by atoms with Gasteiger partial charge in [0.2, 0.25) is 0 Å². The third kappa shape index (κ3) is 3.31. The lowest BCUT2D eigenvalue weighted by Gasteiger charge is -2.38. The lowest BCUT2D eigenvalue weighted by atomic mass is 9.86. The van der Waals surface area contributed by atoms with E-state index in [1.54, 1.807) is 50.7 Å². The van der Waals surface area contributed by atoms with E-state index in [2.05, 4.69) is 10.4 Å². The van der Waals surface area contributed by atoms with Crippen molar-refractivity contribution in [3.8, 4) is 5.69 Å². The second kappa shape index (κ2) is 5.33. The van der Waals surface area contributed by atoms with Crippen molar-refractivity contribution in [3.05, 3.63) is 48.3 Å². The van der Waals surface area contributed by atoms with Gasteiger partial charge in [0.25, 0.3) is 5.91 Å². The summed E-state index contributed by atoms with van der Waals surface area (Å²) in [6.07, 6.45) is 3.54. The van der Waals surface area contributed by atoms with Crippen LogP contribution in [-0.2, 0) is 0 Å². The lowest BCUT2D eigenvalue weighted by Crippen LogP contribution is -2.57. The third-order valence-electron chi connectivity index (χ3n) is 3.85. The van der Waals surface area contributed by atoms with Crippen LogP contribution >= 0.6 is 0 Å². The van der Waals surface area contributed by atoms with Gasteiger partial charge in [0, 0.05) is 18.0 Å². The average Bonchev–Trinajstić information content (AvgIpc) is 2.91. The van der Waals surface area contributed by atoms with E-state index in [0.717, 1.165) is 5.69 Å². The quantitative estimate of drug-likeness (QED) is 0.905. The predicted octanol–water partition coefficient (Wildman–Crippen LogP) is 2.15. The van der Waals surface area contributed by atoms with E-state index < -0.39 is 11.1 Å².